The molecule has 0 saturated carbocycles. The third-order valence-electron chi connectivity index (χ3n) is 3.47. The molecule has 4 nitrogen and oxygen atoms in total. The number of hydrogen-bond acceptors (Lipinski definition) is 3. The lowest BCUT2D eigenvalue weighted by molar-refractivity contribution is 0.0941. The van der Waals surface area contributed by atoms with Crippen LogP contribution < -0.4 is 5.32 Å². The van der Waals surface area contributed by atoms with Gasteiger partial charge in [-0.3, -0.25) is 9.78 Å². The molecule has 1 aromatic heterocycles. The highest BCUT2D eigenvalue weighted by Gasteiger charge is 2.14. The summed E-state index contributed by atoms with van der Waals surface area (Å²) in [5, 5.41) is 2.98. The molecule has 0 fully saturated rings. The van der Waals surface area contributed by atoms with Crippen molar-refractivity contribution < 1.29 is 4.79 Å². The van der Waals surface area contributed by atoms with Gasteiger partial charge in [-0.2, -0.15) is 0 Å². The molecule has 2 rings (SSSR count). The van der Waals surface area contributed by atoms with Crippen molar-refractivity contribution in [2.24, 2.45) is 0 Å². The highest BCUT2D eigenvalue weighted by Crippen LogP contribution is 2.06. The predicted molar refractivity (Wildman–Crippen MR) is 84.2 cm³/mol. The molecule has 4 heteroatoms. The fraction of sp³-hybridized carbons (Fsp3) is 0.294. The molecule has 110 valence electrons. The monoisotopic (exact) mass is 283 g/mol. The van der Waals surface area contributed by atoms with Gasteiger partial charge in [-0.05, 0) is 38.2 Å². The molecule has 0 aliphatic rings. The van der Waals surface area contributed by atoms with E-state index in [2.05, 4.69) is 27.3 Å². The van der Waals surface area contributed by atoms with Gasteiger partial charge in [0, 0.05) is 25.0 Å². The van der Waals surface area contributed by atoms with Gasteiger partial charge in [0.25, 0.3) is 5.91 Å². The van der Waals surface area contributed by atoms with Crippen molar-refractivity contribution in [3.8, 4) is 0 Å². The topological polar surface area (TPSA) is 45.2 Å². The van der Waals surface area contributed by atoms with Gasteiger partial charge in [0.05, 0.1) is 5.56 Å². The lowest BCUT2D eigenvalue weighted by atomic mass is 10.1. The summed E-state index contributed by atoms with van der Waals surface area (Å²) < 4.78 is 0. The van der Waals surface area contributed by atoms with E-state index in [9.17, 15) is 4.79 Å². The van der Waals surface area contributed by atoms with Crippen LogP contribution in [-0.4, -0.2) is 42.5 Å². The normalized spacial score (nSPS) is 12.1. The predicted octanol–water partition coefficient (Wildman–Crippen LogP) is 1.98. The van der Waals surface area contributed by atoms with Crippen molar-refractivity contribution in [1.82, 2.24) is 15.2 Å². The first kappa shape index (κ1) is 15.2. The van der Waals surface area contributed by atoms with Crippen LogP contribution in [0.1, 0.15) is 15.9 Å². The van der Waals surface area contributed by atoms with Crippen LogP contribution >= 0.6 is 0 Å². The Morgan fingerprint density at radius 2 is 1.95 bits per heavy atom. The summed E-state index contributed by atoms with van der Waals surface area (Å²) in [6.07, 6.45) is 4.15. The molecule has 1 aromatic carbocycles. The average molecular weight is 283 g/mol. The van der Waals surface area contributed by atoms with Crippen molar-refractivity contribution in [3.63, 3.8) is 0 Å². The smallest absolute Gasteiger partial charge is 0.252 e. The minimum Gasteiger partial charge on any atom is -0.350 e. The minimum atomic E-state index is -0.0805. The Labute approximate surface area is 125 Å². The quantitative estimate of drug-likeness (QED) is 0.882. The van der Waals surface area contributed by atoms with E-state index in [1.807, 2.05) is 32.3 Å². The number of hydrogen-bond donors (Lipinski definition) is 1. The zero-order valence-corrected chi connectivity index (χ0v) is 12.5. The second-order valence-corrected chi connectivity index (χ2v) is 5.26. The number of carbonyl (C=O) groups is 1. The first-order chi connectivity index (χ1) is 10.2. The molecule has 1 amide bonds. The second-order valence-electron chi connectivity index (χ2n) is 5.26. The van der Waals surface area contributed by atoms with Gasteiger partial charge in [-0.1, -0.05) is 30.3 Å². The minimum absolute atomic E-state index is 0.0805. The summed E-state index contributed by atoms with van der Waals surface area (Å²) in [6.45, 7) is 0.607. The largest absolute Gasteiger partial charge is 0.350 e. The molecular formula is C17H21N3O. The Balaban J connectivity index is 1.93. The van der Waals surface area contributed by atoms with Crippen molar-refractivity contribution in [3.05, 3.63) is 66.0 Å². The summed E-state index contributed by atoms with van der Waals surface area (Å²) >= 11 is 0. The van der Waals surface area contributed by atoms with Gasteiger partial charge in [-0.25, -0.2) is 0 Å². The Morgan fingerprint density at radius 3 is 2.57 bits per heavy atom. The average Bonchev–Trinajstić information content (AvgIpc) is 2.52. The fourth-order valence-corrected chi connectivity index (χ4v) is 2.13. The summed E-state index contributed by atoms with van der Waals surface area (Å²) in [4.78, 5) is 18.2. The number of nitrogens with zero attached hydrogens (tertiary/aromatic N) is 2. The van der Waals surface area contributed by atoms with E-state index < -0.39 is 0 Å². The molecular weight excluding hydrogens is 262 g/mol. The summed E-state index contributed by atoms with van der Waals surface area (Å²) in [5.74, 6) is -0.0805. The molecule has 0 spiro atoms. The van der Waals surface area contributed by atoms with E-state index in [1.54, 1.807) is 24.5 Å². The maximum atomic E-state index is 12.1. The van der Waals surface area contributed by atoms with E-state index in [4.69, 9.17) is 0 Å². The van der Waals surface area contributed by atoms with E-state index >= 15 is 0 Å². The number of pyridine rings is 1. The Morgan fingerprint density at radius 1 is 1.19 bits per heavy atom. The fourth-order valence-electron chi connectivity index (χ4n) is 2.13. The maximum absolute atomic E-state index is 12.1. The molecule has 1 N–H and O–H groups in total. The number of aromatic nitrogens is 1. The lowest BCUT2D eigenvalue weighted by Gasteiger charge is -2.24. The maximum Gasteiger partial charge on any atom is 0.252 e. The number of nitrogens with one attached hydrogen (secondary N) is 1. The van der Waals surface area contributed by atoms with Crippen LogP contribution in [-0.2, 0) is 6.42 Å². The van der Waals surface area contributed by atoms with Gasteiger partial charge < -0.3 is 10.2 Å². The van der Waals surface area contributed by atoms with Gasteiger partial charge in [0.1, 0.15) is 0 Å². The molecule has 0 radical (unpaired) electrons. The molecule has 1 heterocycles. The number of carbonyl (C=O) groups excluding carboxylic acids is 1. The van der Waals surface area contributed by atoms with Gasteiger partial charge in [-0.15, -0.1) is 0 Å². The molecule has 0 aliphatic carbocycles. The summed E-state index contributed by atoms with van der Waals surface area (Å²) in [5.41, 5.74) is 1.86. The van der Waals surface area contributed by atoms with E-state index in [-0.39, 0.29) is 11.9 Å². The van der Waals surface area contributed by atoms with E-state index in [0.717, 1.165) is 6.42 Å². The summed E-state index contributed by atoms with van der Waals surface area (Å²) in [7, 11) is 4.06. The van der Waals surface area contributed by atoms with E-state index in [0.29, 0.717) is 12.1 Å². The highest BCUT2D eigenvalue weighted by atomic mass is 16.1. The number of amides is 1. The van der Waals surface area contributed by atoms with Crippen LogP contribution in [0.5, 0.6) is 0 Å². The third kappa shape index (κ3) is 4.68. The standard InChI is InChI=1S/C17H21N3O/c1-20(2)16(11-14-7-4-3-5-8-14)13-19-17(21)15-9-6-10-18-12-15/h3-10,12,16H,11,13H2,1-2H3,(H,19,21). The molecule has 0 saturated heterocycles. The van der Waals surface area contributed by atoms with Crippen molar-refractivity contribution >= 4 is 5.91 Å². The summed E-state index contributed by atoms with van der Waals surface area (Å²) in [6, 6.07) is 14.1. The van der Waals surface area contributed by atoms with Crippen molar-refractivity contribution in [1.29, 1.82) is 0 Å². The van der Waals surface area contributed by atoms with Crippen LogP contribution in [0.2, 0.25) is 0 Å². The zero-order chi connectivity index (χ0) is 15.1. The molecule has 1 atom stereocenters. The van der Waals surface area contributed by atoms with Crippen LogP contribution in [0.3, 0.4) is 0 Å². The molecule has 1 unspecified atom stereocenters. The molecule has 2 aromatic rings. The molecule has 0 bridgehead atoms. The van der Waals surface area contributed by atoms with Crippen LogP contribution in [0.25, 0.3) is 0 Å². The Bertz CT molecular complexity index is 555. The Kier molecular flexibility index (Phi) is 5.46. The number of likely N-dealkylation sites (N-methyl/N-ethyl adjacent to an activating group) is 1. The number of benzene rings is 1. The lowest BCUT2D eigenvalue weighted by Crippen LogP contribution is -2.41. The first-order valence-corrected chi connectivity index (χ1v) is 7.05. The van der Waals surface area contributed by atoms with Crippen LogP contribution in [0, 0.1) is 0 Å². The van der Waals surface area contributed by atoms with Gasteiger partial charge >= 0.3 is 0 Å². The molecule has 0 aliphatic heterocycles. The van der Waals surface area contributed by atoms with E-state index in [1.165, 1.54) is 5.56 Å². The van der Waals surface area contributed by atoms with Crippen LogP contribution in [0.15, 0.2) is 54.9 Å². The first-order valence-electron chi connectivity index (χ1n) is 7.05. The zero-order valence-electron chi connectivity index (χ0n) is 12.5. The van der Waals surface area contributed by atoms with Gasteiger partial charge in [0.2, 0.25) is 0 Å². The van der Waals surface area contributed by atoms with Crippen LogP contribution in [0.4, 0.5) is 0 Å². The Hall–Kier alpha value is -2.20. The number of rotatable bonds is 6. The van der Waals surface area contributed by atoms with Gasteiger partial charge in [0.15, 0.2) is 0 Å². The second kappa shape index (κ2) is 7.55. The van der Waals surface area contributed by atoms with Crippen molar-refractivity contribution in [2.75, 3.05) is 20.6 Å². The third-order valence-corrected chi connectivity index (χ3v) is 3.47. The molecule has 21 heavy (non-hydrogen) atoms. The highest BCUT2D eigenvalue weighted by molar-refractivity contribution is 5.93. The SMILES string of the molecule is CN(C)C(CNC(=O)c1cccnc1)Cc1ccccc1. The van der Waals surface area contributed by atoms with Crippen molar-refractivity contribution in [2.45, 2.75) is 12.5 Å².